The summed E-state index contributed by atoms with van der Waals surface area (Å²) in [5.74, 6) is -2.23. The molecule has 18 heteroatoms. The van der Waals surface area contributed by atoms with Crippen molar-refractivity contribution in [2.45, 2.75) is 122 Å². The number of aromatic nitrogens is 3. The molecule has 3 heterocycles. The molecule has 0 saturated carbocycles. The number of amides is 6. The van der Waals surface area contributed by atoms with E-state index in [1.54, 1.807) is 0 Å². The van der Waals surface area contributed by atoms with E-state index < -0.39 is 18.1 Å². The third kappa shape index (κ3) is 16.2. The Morgan fingerprint density at radius 1 is 0.364 bits per heavy atom. The number of carbonyl (C=O) groups is 6. The van der Waals surface area contributed by atoms with Gasteiger partial charge in [-0.15, -0.1) is 0 Å². The van der Waals surface area contributed by atoms with Crippen molar-refractivity contribution in [2.75, 3.05) is 35.6 Å². The van der Waals surface area contributed by atoms with Crippen LogP contribution in [0.3, 0.4) is 0 Å². The van der Waals surface area contributed by atoms with Crippen LogP contribution in [0, 0.1) is 20.8 Å². The van der Waals surface area contributed by atoms with Crippen LogP contribution in [0.1, 0.15) is 114 Å². The van der Waals surface area contributed by atoms with Gasteiger partial charge >= 0.3 is 0 Å². The van der Waals surface area contributed by atoms with Crippen molar-refractivity contribution in [3.8, 4) is 0 Å². The second-order valence-corrected chi connectivity index (χ2v) is 22.8. The molecule has 6 aromatic carbocycles. The van der Waals surface area contributed by atoms with Gasteiger partial charge in [-0.1, -0.05) is 91.0 Å². The number of aryl methyl sites for hydroxylation is 3. The maximum Gasteiger partial charge on any atom is 0.246 e. The molecule has 9 aromatic rings. The Bertz CT molecular complexity index is 3470. The molecule has 458 valence electrons. The molecular weight excluding hydrogens is 1100 g/mol. The zero-order valence-corrected chi connectivity index (χ0v) is 50.5. The number of hydrogen-bond donors (Lipinski definition) is 12. The summed E-state index contributed by atoms with van der Waals surface area (Å²) in [4.78, 5) is 93.3. The Hall–Kier alpha value is -9.36. The van der Waals surface area contributed by atoms with Crippen LogP contribution in [0.15, 0.2) is 146 Å². The quantitative estimate of drug-likeness (QED) is 0.0150. The molecule has 0 aliphatic rings. The Kier molecular flexibility index (Phi) is 21.8. The largest absolute Gasteiger partial charge is 0.358 e. The van der Waals surface area contributed by atoms with Gasteiger partial charge in [0.2, 0.25) is 35.4 Å². The summed E-state index contributed by atoms with van der Waals surface area (Å²) in [5.41, 5.74) is 29.9. The Labute approximate surface area is 513 Å². The highest BCUT2D eigenvalue weighted by molar-refractivity contribution is 6.01. The lowest BCUT2D eigenvalue weighted by molar-refractivity contribution is -0.126. The van der Waals surface area contributed by atoms with Crippen LogP contribution >= 0.6 is 0 Å². The van der Waals surface area contributed by atoms with Crippen molar-refractivity contribution in [3.63, 3.8) is 0 Å². The fourth-order valence-corrected chi connectivity index (χ4v) is 11.7. The molecule has 0 aliphatic carbocycles. The molecule has 0 unspecified atom stereocenters. The monoisotopic (exact) mass is 1190 g/mol. The fourth-order valence-electron chi connectivity index (χ4n) is 11.7. The van der Waals surface area contributed by atoms with Crippen LogP contribution in [0.25, 0.3) is 32.7 Å². The molecule has 3 atom stereocenters. The minimum Gasteiger partial charge on any atom is -0.358 e. The first kappa shape index (κ1) is 63.2. The van der Waals surface area contributed by atoms with E-state index >= 15 is 0 Å². The molecule has 3 aromatic heterocycles. The first-order chi connectivity index (χ1) is 42.7. The van der Waals surface area contributed by atoms with Crippen LogP contribution in [0.5, 0.6) is 0 Å². The first-order valence-electron chi connectivity index (χ1n) is 30.6. The number of anilines is 3. The van der Waals surface area contributed by atoms with Gasteiger partial charge in [-0.3, -0.25) is 28.8 Å². The number of benzene rings is 6. The van der Waals surface area contributed by atoms with Crippen LogP contribution in [0.4, 0.5) is 17.1 Å². The highest BCUT2D eigenvalue weighted by Gasteiger charge is 2.27. The van der Waals surface area contributed by atoms with Crippen molar-refractivity contribution in [3.05, 3.63) is 196 Å². The van der Waals surface area contributed by atoms with E-state index in [1.807, 2.05) is 166 Å². The fraction of sp³-hybridized carbons (Fsp3) is 0.314. The number of carbonyl (C=O) groups excluding carboxylic acids is 6. The van der Waals surface area contributed by atoms with Gasteiger partial charge < -0.3 is 64.1 Å². The second-order valence-electron chi connectivity index (χ2n) is 22.8. The van der Waals surface area contributed by atoms with Crippen molar-refractivity contribution in [2.24, 2.45) is 17.2 Å². The Balaban J connectivity index is 0.935. The summed E-state index contributed by atoms with van der Waals surface area (Å²) in [6.45, 7) is 7.19. The third-order valence-electron chi connectivity index (χ3n) is 16.4. The van der Waals surface area contributed by atoms with Gasteiger partial charge in [-0.2, -0.15) is 0 Å². The number of fused-ring (bicyclic) bond motifs is 3. The zero-order chi connectivity index (χ0) is 62.1. The zero-order valence-electron chi connectivity index (χ0n) is 50.5. The molecule has 15 N–H and O–H groups in total. The molecule has 18 nitrogen and oxygen atoms in total. The van der Waals surface area contributed by atoms with E-state index in [2.05, 4.69) is 46.9 Å². The predicted molar refractivity (Wildman–Crippen MR) is 351 cm³/mol. The first-order valence-corrected chi connectivity index (χ1v) is 30.6. The van der Waals surface area contributed by atoms with E-state index in [0.717, 1.165) is 83.2 Å². The molecule has 0 aliphatic heterocycles. The van der Waals surface area contributed by atoms with Gasteiger partial charge in [0.1, 0.15) is 18.1 Å². The van der Waals surface area contributed by atoms with Crippen molar-refractivity contribution >= 4 is 85.2 Å². The lowest BCUT2D eigenvalue weighted by Crippen LogP contribution is -2.44. The average molecular weight is 1190 g/mol. The number of para-hydroxylation sites is 3. The molecular formula is C70H82N12O6. The van der Waals surface area contributed by atoms with Crippen LogP contribution < -0.4 is 49.1 Å². The highest BCUT2D eigenvalue weighted by atomic mass is 16.2. The van der Waals surface area contributed by atoms with Crippen molar-refractivity contribution in [1.82, 2.24) is 30.9 Å². The number of nitrogens with two attached hydrogens (primary N) is 3. The number of hydrogen-bond acceptors (Lipinski definition) is 9. The minimum atomic E-state index is -0.811. The van der Waals surface area contributed by atoms with E-state index in [1.165, 1.54) is 0 Å². The number of H-pyrrole nitrogens is 3. The summed E-state index contributed by atoms with van der Waals surface area (Å²) >= 11 is 0. The second kappa shape index (κ2) is 30.3. The van der Waals surface area contributed by atoms with Crippen molar-refractivity contribution < 1.29 is 28.8 Å². The molecule has 0 saturated heterocycles. The lowest BCUT2D eigenvalue weighted by Gasteiger charge is -2.22. The summed E-state index contributed by atoms with van der Waals surface area (Å²) < 4.78 is 0. The van der Waals surface area contributed by atoms with Crippen molar-refractivity contribution in [1.29, 1.82) is 0 Å². The lowest BCUT2D eigenvalue weighted by atomic mass is 9.85. The van der Waals surface area contributed by atoms with Gasteiger partial charge in [0.25, 0.3) is 0 Å². The van der Waals surface area contributed by atoms with Crippen LogP contribution in [-0.4, -0.2) is 88.2 Å². The average Bonchev–Trinajstić information content (AvgIpc) is 2.08. The van der Waals surface area contributed by atoms with E-state index in [4.69, 9.17) is 17.2 Å². The normalized spacial score (nSPS) is 12.4. The van der Waals surface area contributed by atoms with E-state index in [0.29, 0.717) is 94.5 Å². The molecule has 0 bridgehead atoms. The molecule has 9 rings (SSSR count). The number of aromatic amines is 3. The Morgan fingerprint density at radius 3 is 0.886 bits per heavy atom. The van der Waals surface area contributed by atoms with E-state index in [-0.39, 0.29) is 60.6 Å². The Morgan fingerprint density at radius 2 is 0.625 bits per heavy atom. The molecule has 88 heavy (non-hydrogen) atoms. The molecule has 6 amide bonds. The summed E-state index contributed by atoms with van der Waals surface area (Å²) in [6, 6.07) is 43.6. The molecule has 0 radical (unpaired) electrons. The minimum absolute atomic E-state index is 0.106. The van der Waals surface area contributed by atoms with Gasteiger partial charge in [0.05, 0.1) is 19.3 Å². The van der Waals surface area contributed by atoms with Crippen LogP contribution in [0.2, 0.25) is 0 Å². The summed E-state index contributed by atoms with van der Waals surface area (Å²) in [5, 5.41) is 21.0. The smallest absolute Gasteiger partial charge is 0.246 e. The van der Waals surface area contributed by atoms with Gasteiger partial charge in [0.15, 0.2) is 0 Å². The van der Waals surface area contributed by atoms with Gasteiger partial charge in [0, 0.05) is 72.8 Å². The standard InChI is InChI=1S/C70H82N12O6/c1-43-55(52-16-4-7-19-58(52)74-43)40-64(83)80-61(22-10-13-37-71)68(86)77-49-31-25-46(26-32-49)67(47-27-33-50(34-28-47)78-69(87)62(23-11-14-38-72)81-65(84)41-56-44(2)75-59-20-8-5-17-53(56)59)48-29-35-51(36-30-48)79-70(88)63(24-12-15-39-73)82-66(85)42-57-45(3)76-60-21-9-6-18-54(57)60/h4-9,16-21,25-36,61-63,67,74-76H,10-15,22-24,37-42,71-73H2,1-3H3,(H,77,86)(H,78,87)(H,79,88)(H,80,83)(H,81,84)(H,82,85)/t61-,62-,63-/m0/s1. The van der Waals surface area contributed by atoms with Gasteiger partial charge in [-0.25, -0.2) is 0 Å². The topological polar surface area (TPSA) is 300 Å². The maximum atomic E-state index is 14.1. The van der Waals surface area contributed by atoms with Crippen LogP contribution in [-0.2, 0) is 48.0 Å². The highest BCUT2D eigenvalue weighted by Crippen LogP contribution is 2.35. The van der Waals surface area contributed by atoms with E-state index in [9.17, 15) is 28.8 Å². The third-order valence-corrected chi connectivity index (χ3v) is 16.4. The SMILES string of the molecule is Cc1[nH]c2ccccc2c1CC(=O)N[C@@H](CCCCN)C(=O)Nc1ccc(C(c2ccc(NC(=O)[C@H](CCCCN)NC(=O)Cc3c(C)[nH]c4ccccc34)cc2)c2ccc(NC(=O)[C@H](CCCCN)NC(=O)Cc3c(C)[nH]c4ccccc34)cc2)cc1. The maximum absolute atomic E-state index is 14.1. The summed E-state index contributed by atoms with van der Waals surface area (Å²) in [7, 11) is 0. The number of rotatable bonds is 30. The number of unbranched alkanes of at least 4 members (excludes halogenated alkanes) is 3. The predicted octanol–water partition coefficient (Wildman–Crippen LogP) is 9.62. The summed E-state index contributed by atoms with van der Waals surface area (Å²) in [6.07, 6.45) is 5.53. The molecule has 0 fully saturated rings. The molecule has 0 spiro atoms. The van der Waals surface area contributed by atoms with Gasteiger partial charge in [-0.05, 0) is 186 Å². The number of nitrogens with one attached hydrogen (secondary N) is 9.